The summed E-state index contributed by atoms with van der Waals surface area (Å²) < 4.78 is 0. The fourth-order valence-corrected chi connectivity index (χ4v) is 3.32. The minimum absolute atomic E-state index is 0.467. The van der Waals surface area contributed by atoms with E-state index in [4.69, 9.17) is 0 Å². The quantitative estimate of drug-likeness (QED) is 0.821. The molecular weight excluding hydrogens is 216 g/mol. The first-order valence-electron chi connectivity index (χ1n) is 6.37. The molecule has 0 amide bonds. The van der Waals surface area contributed by atoms with E-state index in [1.54, 1.807) is 11.3 Å². The molecule has 1 aromatic rings. The third-order valence-corrected chi connectivity index (χ3v) is 4.78. The highest BCUT2D eigenvalue weighted by Crippen LogP contribution is 2.47. The van der Waals surface area contributed by atoms with E-state index in [-0.39, 0.29) is 0 Å². The second-order valence-corrected chi connectivity index (χ2v) is 6.70. The summed E-state index contributed by atoms with van der Waals surface area (Å²) >= 11 is 1.81. The minimum atomic E-state index is 0.467. The lowest BCUT2D eigenvalue weighted by Crippen LogP contribution is -2.36. The Morgan fingerprint density at radius 2 is 2.25 bits per heavy atom. The van der Waals surface area contributed by atoms with Crippen molar-refractivity contribution in [3.05, 3.63) is 16.6 Å². The Labute approximate surface area is 101 Å². The normalized spacial score (nSPS) is 24.3. The van der Waals surface area contributed by atoms with Crippen LogP contribution in [0.15, 0.2) is 11.7 Å². The van der Waals surface area contributed by atoms with Crippen LogP contribution in [-0.2, 0) is 6.42 Å². The molecule has 1 unspecified atom stereocenters. The van der Waals surface area contributed by atoms with Crippen LogP contribution in [0.4, 0.5) is 0 Å². The summed E-state index contributed by atoms with van der Waals surface area (Å²) in [5.41, 5.74) is 2.42. The Bertz CT molecular complexity index is 341. The van der Waals surface area contributed by atoms with Gasteiger partial charge in [0, 0.05) is 23.7 Å². The van der Waals surface area contributed by atoms with Gasteiger partial charge in [0.05, 0.1) is 5.51 Å². The van der Waals surface area contributed by atoms with Gasteiger partial charge in [-0.2, -0.15) is 0 Å². The van der Waals surface area contributed by atoms with Crippen LogP contribution >= 0.6 is 11.3 Å². The Kier molecular flexibility index (Phi) is 2.76. The van der Waals surface area contributed by atoms with Crippen LogP contribution in [0.2, 0.25) is 0 Å². The number of thiazole rings is 1. The van der Waals surface area contributed by atoms with E-state index in [1.165, 1.54) is 43.5 Å². The summed E-state index contributed by atoms with van der Waals surface area (Å²) in [5, 5.41) is 3.72. The van der Waals surface area contributed by atoms with Gasteiger partial charge in [-0.25, -0.2) is 0 Å². The average molecular weight is 236 g/mol. The maximum absolute atomic E-state index is 4.19. The number of hydrogen-bond acceptors (Lipinski definition) is 3. The minimum Gasteiger partial charge on any atom is -0.313 e. The van der Waals surface area contributed by atoms with Crippen molar-refractivity contribution in [2.24, 2.45) is 11.3 Å². The molecule has 3 rings (SSSR count). The maximum Gasteiger partial charge on any atom is 0.0794 e. The summed E-state index contributed by atoms with van der Waals surface area (Å²) in [6.07, 6.45) is 8.90. The summed E-state index contributed by atoms with van der Waals surface area (Å²) in [7, 11) is 0. The molecule has 2 aliphatic rings. The van der Waals surface area contributed by atoms with Crippen molar-refractivity contribution in [3.8, 4) is 0 Å². The zero-order chi connectivity index (χ0) is 11.0. The van der Waals surface area contributed by atoms with Crippen molar-refractivity contribution in [2.75, 3.05) is 6.54 Å². The second kappa shape index (κ2) is 4.11. The first-order valence-corrected chi connectivity index (χ1v) is 7.25. The number of hydrogen-bond donors (Lipinski definition) is 1. The lowest BCUT2D eigenvalue weighted by atomic mass is 9.81. The van der Waals surface area contributed by atoms with Gasteiger partial charge in [-0.1, -0.05) is 6.92 Å². The van der Waals surface area contributed by atoms with Gasteiger partial charge in [0.2, 0.25) is 0 Å². The summed E-state index contributed by atoms with van der Waals surface area (Å²) in [6, 6.07) is 0.833. The van der Waals surface area contributed by atoms with Crippen molar-refractivity contribution in [2.45, 2.75) is 45.1 Å². The predicted octanol–water partition coefficient (Wildman–Crippen LogP) is 2.85. The molecule has 2 aliphatic carbocycles. The highest BCUT2D eigenvalue weighted by atomic mass is 32.1. The van der Waals surface area contributed by atoms with E-state index in [9.17, 15) is 0 Å². The van der Waals surface area contributed by atoms with Gasteiger partial charge in [0.25, 0.3) is 0 Å². The van der Waals surface area contributed by atoms with Crippen molar-refractivity contribution < 1.29 is 0 Å². The zero-order valence-corrected chi connectivity index (χ0v) is 10.7. The van der Waals surface area contributed by atoms with Gasteiger partial charge in [-0.05, 0) is 43.4 Å². The third-order valence-electron chi connectivity index (χ3n) is 4.00. The summed E-state index contributed by atoms with van der Waals surface area (Å²) in [6.45, 7) is 3.65. The second-order valence-electron chi connectivity index (χ2n) is 5.73. The van der Waals surface area contributed by atoms with Gasteiger partial charge in [0.15, 0.2) is 0 Å². The van der Waals surface area contributed by atoms with Crippen LogP contribution in [0.3, 0.4) is 0 Å². The lowest BCUT2D eigenvalue weighted by Gasteiger charge is -2.29. The van der Waals surface area contributed by atoms with Crippen molar-refractivity contribution in [1.82, 2.24) is 10.3 Å². The molecule has 0 bridgehead atoms. The molecule has 1 heterocycles. The predicted molar refractivity (Wildman–Crippen MR) is 67.7 cm³/mol. The fourth-order valence-electron chi connectivity index (χ4n) is 2.52. The largest absolute Gasteiger partial charge is 0.313 e. The molecule has 2 fully saturated rings. The Hall–Kier alpha value is -0.410. The lowest BCUT2D eigenvalue weighted by molar-refractivity contribution is 0.256. The molecule has 0 radical (unpaired) electrons. The zero-order valence-electron chi connectivity index (χ0n) is 9.91. The van der Waals surface area contributed by atoms with Gasteiger partial charge in [-0.15, -0.1) is 11.3 Å². The summed E-state index contributed by atoms with van der Waals surface area (Å²) in [4.78, 5) is 5.64. The van der Waals surface area contributed by atoms with Crippen LogP contribution in [0.5, 0.6) is 0 Å². The topological polar surface area (TPSA) is 24.9 Å². The average Bonchev–Trinajstić information content (AvgIpc) is 3.17. The maximum atomic E-state index is 4.19. The first-order chi connectivity index (χ1) is 7.76. The van der Waals surface area contributed by atoms with E-state index in [1.807, 2.05) is 11.7 Å². The fraction of sp³-hybridized carbons (Fsp3) is 0.769. The number of aromatic nitrogens is 1. The first kappa shape index (κ1) is 10.7. The number of nitrogens with one attached hydrogen (secondary N) is 1. The molecule has 1 aromatic heterocycles. The van der Waals surface area contributed by atoms with E-state index < -0.39 is 0 Å². The van der Waals surface area contributed by atoms with Gasteiger partial charge >= 0.3 is 0 Å². The molecule has 2 saturated carbocycles. The summed E-state index contributed by atoms with van der Waals surface area (Å²) in [5.74, 6) is 0.945. The SMILES string of the molecule is CC(CNC1CC1)(Cc1cncs1)C1CC1. The molecular formula is C13H20N2S. The van der Waals surface area contributed by atoms with E-state index in [0.717, 1.165) is 12.0 Å². The van der Waals surface area contributed by atoms with Crippen LogP contribution in [0, 0.1) is 11.3 Å². The molecule has 0 aliphatic heterocycles. The van der Waals surface area contributed by atoms with Crippen molar-refractivity contribution in [3.63, 3.8) is 0 Å². The molecule has 16 heavy (non-hydrogen) atoms. The van der Waals surface area contributed by atoms with Gasteiger partial charge in [-0.3, -0.25) is 4.98 Å². The van der Waals surface area contributed by atoms with E-state index in [2.05, 4.69) is 17.2 Å². The Morgan fingerprint density at radius 1 is 1.44 bits per heavy atom. The highest BCUT2D eigenvalue weighted by molar-refractivity contribution is 7.09. The van der Waals surface area contributed by atoms with E-state index in [0.29, 0.717) is 5.41 Å². The van der Waals surface area contributed by atoms with Crippen LogP contribution in [0.25, 0.3) is 0 Å². The van der Waals surface area contributed by atoms with Crippen molar-refractivity contribution >= 4 is 11.3 Å². The smallest absolute Gasteiger partial charge is 0.0794 e. The molecule has 1 N–H and O–H groups in total. The molecule has 0 aromatic carbocycles. The molecule has 2 nitrogen and oxygen atoms in total. The van der Waals surface area contributed by atoms with Crippen LogP contribution in [-0.4, -0.2) is 17.6 Å². The Morgan fingerprint density at radius 3 is 2.81 bits per heavy atom. The molecule has 88 valence electrons. The Balaban J connectivity index is 1.63. The molecule has 3 heteroatoms. The molecule has 0 saturated heterocycles. The third kappa shape index (κ3) is 2.46. The van der Waals surface area contributed by atoms with Gasteiger partial charge < -0.3 is 5.32 Å². The monoisotopic (exact) mass is 236 g/mol. The molecule has 0 spiro atoms. The number of rotatable bonds is 6. The van der Waals surface area contributed by atoms with Crippen LogP contribution in [0.1, 0.15) is 37.5 Å². The highest BCUT2D eigenvalue weighted by Gasteiger charge is 2.42. The van der Waals surface area contributed by atoms with E-state index >= 15 is 0 Å². The molecule has 1 atom stereocenters. The standard InChI is InChI=1S/C13H20N2S/c1-13(10-2-3-10,8-15-11-4-5-11)6-12-7-14-9-16-12/h7,9-11,15H,2-6,8H2,1H3. The number of nitrogens with zero attached hydrogens (tertiary/aromatic N) is 1. The van der Waals surface area contributed by atoms with Crippen LogP contribution < -0.4 is 5.32 Å². The van der Waals surface area contributed by atoms with Gasteiger partial charge in [0.1, 0.15) is 0 Å². The van der Waals surface area contributed by atoms with Crippen molar-refractivity contribution in [1.29, 1.82) is 0 Å².